The summed E-state index contributed by atoms with van der Waals surface area (Å²) < 4.78 is 0. The summed E-state index contributed by atoms with van der Waals surface area (Å²) in [6, 6.07) is 9.93. The highest BCUT2D eigenvalue weighted by Gasteiger charge is 1.98. The summed E-state index contributed by atoms with van der Waals surface area (Å²) in [7, 11) is 0. The predicted octanol–water partition coefficient (Wildman–Crippen LogP) is 2.24. The van der Waals surface area contributed by atoms with Gasteiger partial charge in [0.2, 0.25) is 0 Å². The van der Waals surface area contributed by atoms with Crippen molar-refractivity contribution < 1.29 is 10.2 Å². The van der Waals surface area contributed by atoms with E-state index < -0.39 is 0 Å². The maximum Gasteiger partial charge on any atom is 0.158 e. The van der Waals surface area contributed by atoms with Crippen molar-refractivity contribution in [3.8, 4) is 11.5 Å². The van der Waals surface area contributed by atoms with Crippen LogP contribution in [0.2, 0.25) is 0 Å². The SMILES string of the molecule is Oc1ccc(C=Nc2ccccn2)cc1O. The fraction of sp³-hybridized carbons (Fsp3) is 0. The van der Waals surface area contributed by atoms with Gasteiger partial charge in [-0.15, -0.1) is 0 Å². The molecule has 0 saturated carbocycles. The van der Waals surface area contributed by atoms with E-state index in [0.29, 0.717) is 11.4 Å². The normalized spacial score (nSPS) is 10.8. The Hall–Kier alpha value is -2.36. The van der Waals surface area contributed by atoms with Gasteiger partial charge in [-0.3, -0.25) is 0 Å². The number of benzene rings is 1. The summed E-state index contributed by atoms with van der Waals surface area (Å²) in [5.41, 5.74) is 0.695. The van der Waals surface area contributed by atoms with Crippen molar-refractivity contribution in [1.82, 2.24) is 4.98 Å². The van der Waals surface area contributed by atoms with Crippen LogP contribution in [0.4, 0.5) is 5.82 Å². The zero-order chi connectivity index (χ0) is 11.4. The molecule has 1 heterocycles. The molecule has 0 aliphatic heterocycles. The van der Waals surface area contributed by atoms with Crippen LogP contribution in [0.15, 0.2) is 47.6 Å². The molecule has 4 nitrogen and oxygen atoms in total. The second-order valence-corrected chi connectivity index (χ2v) is 3.19. The van der Waals surface area contributed by atoms with E-state index in [1.807, 2.05) is 12.1 Å². The van der Waals surface area contributed by atoms with Gasteiger partial charge < -0.3 is 10.2 Å². The highest BCUT2D eigenvalue weighted by molar-refractivity contribution is 5.82. The highest BCUT2D eigenvalue weighted by atomic mass is 16.3. The zero-order valence-electron chi connectivity index (χ0n) is 8.41. The average Bonchev–Trinajstić information content (AvgIpc) is 2.32. The Balaban J connectivity index is 2.21. The van der Waals surface area contributed by atoms with Crippen molar-refractivity contribution in [3.63, 3.8) is 0 Å². The van der Waals surface area contributed by atoms with Gasteiger partial charge in [-0.05, 0) is 35.9 Å². The first kappa shape index (κ1) is 10.2. The van der Waals surface area contributed by atoms with Crippen LogP contribution in [-0.4, -0.2) is 21.4 Å². The van der Waals surface area contributed by atoms with Crippen molar-refractivity contribution in [3.05, 3.63) is 48.2 Å². The van der Waals surface area contributed by atoms with Crippen LogP contribution < -0.4 is 0 Å². The first-order valence-electron chi connectivity index (χ1n) is 4.73. The summed E-state index contributed by atoms with van der Waals surface area (Å²) >= 11 is 0. The first-order chi connectivity index (χ1) is 7.75. The Labute approximate surface area is 92.6 Å². The van der Waals surface area contributed by atoms with Crippen LogP contribution >= 0.6 is 0 Å². The third kappa shape index (κ3) is 2.36. The lowest BCUT2D eigenvalue weighted by Crippen LogP contribution is -1.81. The van der Waals surface area contributed by atoms with Gasteiger partial charge in [0.15, 0.2) is 17.3 Å². The third-order valence-corrected chi connectivity index (χ3v) is 1.99. The molecule has 0 atom stereocenters. The molecular formula is C12H10N2O2. The van der Waals surface area contributed by atoms with Crippen molar-refractivity contribution in [1.29, 1.82) is 0 Å². The number of hydrogen-bond donors (Lipinski definition) is 2. The molecule has 2 aromatic rings. The topological polar surface area (TPSA) is 65.7 Å². The fourth-order valence-electron chi connectivity index (χ4n) is 1.19. The number of hydrogen-bond acceptors (Lipinski definition) is 4. The van der Waals surface area contributed by atoms with Gasteiger partial charge >= 0.3 is 0 Å². The van der Waals surface area contributed by atoms with Gasteiger partial charge in [0.05, 0.1) is 0 Å². The summed E-state index contributed by atoms with van der Waals surface area (Å²) in [4.78, 5) is 8.14. The van der Waals surface area contributed by atoms with E-state index >= 15 is 0 Å². The fourth-order valence-corrected chi connectivity index (χ4v) is 1.19. The minimum Gasteiger partial charge on any atom is -0.504 e. The lowest BCUT2D eigenvalue weighted by Gasteiger charge is -1.97. The lowest BCUT2D eigenvalue weighted by molar-refractivity contribution is 0.403. The second-order valence-electron chi connectivity index (χ2n) is 3.19. The lowest BCUT2D eigenvalue weighted by atomic mass is 10.2. The van der Waals surface area contributed by atoms with Gasteiger partial charge in [-0.2, -0.15) is 0 Å². The number of phenolic OH excluding ortho intramolecular Hbond substituents is 2. The summed E-state index contributed by atoms with van der Waals surface area (Å²) in [5, 5.41) is 18.4. The van der Waals surface area contributed by atoms with Crippen molar-refractivity contribution in [2.75, 3.05) is 0 Å². The number of aromatic hydroxyl groups is 2. The largest absolute Gasteiger partial charge is 0.504 e. The Morgan fingerprint density at radius 3 is 2.62 bits per heavy atom. The van der Waals surface area contributed by atoms with E-state index in [2.05, 4.69) is 9.98 Å². The molecule has 0 aliphatic carbocycles. The number of pyridine rings is 1. The molecule has 4 heteroatoms. The number of nitrogens with zero attached hydrogens (tertiary/aromatic N) is 2. The van der Waals surface area contributed by atoms with Crippen LogP contribution in [0.5, 0.6) is 11.5 Å². The molecule has 1 aromatic heterocycles. The van der Waals surface area contributed by atoms with Crippen LogP contribution in [-0.2, 0) is 0 Å². The smallest absolute Gasteiger partial charge is 0.158 e. The van der Waals surface area contributed by atoms with Crippen LogP contribution in [0.1, 0.15) is 5.56 Å². The molecule has 0 saturated heterocycles. The zero-order valence-corrected chi connectivity index (χ0v) is 8.41. The molecule has 16 heavy (non-hydrogen) atoms. The molecule has 0 bridgehead atoms. The van der Waals surface area contributed by atoms with Gasteiger partial charge in [0, 0.05) is 12.4 Å². The Morgan fingerprint density at radius 1 is 1.06 bits per heavy atom. The molecule has 0 radical (unpaired) electrons. The van der Waals surface area contributed by atoms with Gasteiger partial charge in [0.25, 0.3) is 0 Å². The molecule has 1 aromatic carbocycles. The van der Waals surface area contributed by atoms with Crippen LogP contribution in [0, 0.1) is 0 Å². The van der Waals surface area contributed by atoms with E-state index in [4.69, 9.17) is 5.11 Å². The molecule has 80 valence electrons. The van der Waals surface area contributed by atoms with E-state index in [0.717, 1.165) is 0 Å². The minimum absolute atomic E-state index is 0.144. The predicted molar refractivity (Wildman–Crippen MR) is 61.3 cm³/mol. The van der Waals surface area contributed by atoms with Crippen LogP contribution in [0.3, 0.4) is 0 Å². The van der Waals surface area contributed by atoms with Crippen LogP contribution in [0.25, 0.3) is 0 Å². The maximum atomic E-state index is 9.27. The van der Waals surface area contributed by atoms with Gasteiger partial charge in [-0.1, -0.05) is 6.07 Å². The minimum atomic E-state index is -0.162. The van der Waals surface area contributed by atoms with Gasteiger partial charge in [0.1, 0.15) is 0 Å². The summed E-state index contributed by atoms with van der Waals surface area (Å²) in [6.45, 7) is 0. The quantitative estimate of drug-likeness (QED) is 0.595. The van der Waals surface area contributed by atoms with Crippen molar-refractivity contribution >= 4 is 12.0 Å². The van der Waals surface area contributed by atoms with E-state index in [1.54, 1.807) is 24.5 Å². The van der Waals surface area contributed by atoms with Crippen molar-refractivity contribution in [2.24, 2.45) is 4.99 Å². The molecule has 2 rings (SSSR count). The number of aliphatic imine (C=N–C) groups is 1. The number of rotatable bonds is 2. The van der Waals surface area contributed by atoms with E-state index in [1.165, 1.54) is 12.1 Å². The average molecular weight is 214 g/mol. The Bertz CT molecular complexity index is 510. The first-order valence-corrected chi connectivity index (χ1v) is 4.73. The monoisotopic (exact) mass is 214 g/mol. The molecule has 0 unspecified atom stereocenters. The standard InChI is InChI=1S/C12H10N2O2/c15-10-5-4-9(7-11(10)16)8-14-12-3-1-2-6-13-12/h1-8,15-16H. The molecule has 0 spiro atoms. The number of aromatic nitrogens is 1. The highest BCUT2D eigenvalue weighted by Crippen LogP contribution is 2.24. The Morgan fingerprint density at radius 2 is 1.94 bits per heavy atom. The van der Waals surface area contributed by atoms with Crippen molar-refractivity contribution in [2.45, 2.75) is 0 Å². The number of phenols is 2. The maximum absolute atomic E-state index is 9.27. The molecule has 0 amide bonds. The summed E-state index contributed by atoms with van der Waals surface area (Å²) in [6.07, 6.45) is 3.22. The molecule has 2 N–H and O–H groups in total. The third-order valence-electron chi connectivity index (χ3n) is 1.99. The molecule has 0 aliphatic rings. The Kier molecular flexibility index (Phi) is 2.82. The summed E-state index contributed by atoms with van der Waals surface area (Å²) in [5.74, 6) is 0.287. The molecule has 0 fully saturated rings. The van der Waals surface area contributed by atoms with E-state index in [-0.39, 0.29) is 11.5 Å². The second kappa shape index (κ2) is 4.44. The van der Waals surface area contributed by atoms with Gasteiger partial charge in [-0.25, -0.2) is 9.98 Å². The molecular weight excluding hydrogens is 204 g/mol. The van der Waals surface area contributed by atoms with E-state index in [9.17, 15) is 5.11 Å².